The molecule has 1 aliphatic heterocycles. The van der Waals surface area contributed by atoms with Gasteiger partial charge in [-0.25, -0.2) is 0 Å². The first-order chi connectivity index (χ1) is 8.04. The van der Waals surface area contributed by atoms with E-state index < -0.39 is 8.07 Å². The standard InChI is InChI=1S/C14H25BO2Si/c1-13(2)14(3,4)17-15(16-13)11-9-8-10-12-18(5,6)7/h9,11H,8H2,1-7H3/b11-9-. The van der Waals surface area contributed by atoms with E-state index in [2.05, 4.69) is 58.8 Å². The average molecular weight is 264 g/mol. The van der Waals surface area contributed by atoms with E-state index in [1.807, 2.05) is 12.1 Å². The topological polar surface area (TPSA) is 18.5 Å². The van der Waals surface area contributed by atoms with Crippen molar-refractivity contribution >= 4 is 15.2 Å². The van der Waals surface area contributed by atoms with Crippen LogP contribution >= 0.6 is 0 Å². The molecule has 0 aromatic rings. The first-order valence-corrected chi connectivity index (χ1v) is 10.1. The zero-order valence-corrected chi connectivity index (χ0v) is 13.8. The molecule has 1 saturated heterocycles. The molecule has 4 heteroatoms. The summed E-state index contributed by atoms with van der Waals surface area (Å²) in [5.74, 6) is 5.17. The van der Waals surface area contributed by atoms with Gasteiger partial charge < -0.3 is 9.31 Å². The molecule has 0 bridgehead atoms. The van der Waals surface area contributed by atoms with Gasteiger partial charge in [-0.3, -0.25) is 0 Å². The minimum atomic E-state index is -1.24. The Kier molecular flexibility index (Phi) is 4.53. The van der Waals surface area contributed by atoms with Crippen molar-refractivity contribution in [2.45, 2.75) is 65.0 Å². The zero-order valence-electron chi connectivity index (χ0n) is 12.8. The minimum Gasteiger partial charge on any atom is -0.400 e. The normalized spacial score (nSPS) is 22.1. The second-order valence-electron chi connectivity index (χ2n) is 6.81. The number of rotatable bonds is 2. The Morgan fingerprint density at radius 3 is 2.00 bits per heavy atom. The van der Waals surface area contributed by atoms with Gasteiger partial charge in [0, 0.05) is 6.42 Å². The second kappa shape index (κ2) is 5.24. The Hall–Kier alpha value is -0.498. The summed E-state index contributed by atoms with van der Waals surface area (Å²) in [5.41, 5.74) is 2.82. The molecule has 0 radical (unpaired) electrons. The van der Waals surface area contributed by atoms with Gasteiger partial charge in [-0.1, -0.05) is 31.7 Å². The van der Waals surface area contributed by atoms with Gasteiger partial charge in [0.25, 0.3) is 0 Å². The maximum Gasteiger partial charge on any atom is 0.486 e. The number of hydrogen-bond acceptors (Lipinski definition) is 2. The molecule has 1 aliphatic rings. The zero-order chi connectivity index (χ0) is 14.0. The molecule has 0 atom stereocenters. The molecule has 0 unspecified atom stereocenters. The summed E-state index contributed by atoms with van der Waals surface area (Å²) in [7, 11) is -1.49. The fourth-order valence-corrected chi connectivity index (χ4v) is 2.15. The van der Waals surface area contributed by atoms with Crippen molar-refractivity contribution in [3.63, 3.8) is 0 Å². The molecule has 0 spiro atoms. The third kappa shape index (κ3) is 4.31. The molecule has 18 heavy (non-hydrogen) atoms. The highest BCUT2D eigenvalue weighted by Gasteiger charge is 2.49. The van der Waals surface area contributed by atoms with Crippen LogP contribution in [0.2, 0.25) is 19.6 Å². The molecule has 1 fully saturated rings. The van der Waals surface area contributed by atoms with Crippen LogP contribution in [-0.4, -0.2) is 26.4 Å². The molecule has 1 heterocycles. The van der Waals surface area contributed by atoms with Gasteiger partial charge in [0.05, 0.1) is 11.2 Å². The van der Waals surface area contributed by atoms with Gasteiger partial charge >= 0.3 is 7.12 Å². The summed E-state index contributed by atoms with van der Waals surface area (Å²) in [6.07, 6.45) is 2.81. The lowest BCUT2D eigenvalue weighted by molar-refractivity contribution is 0.00578. The van der Waals surface area contributed by atoms with Gasteiger partial charge in [0.1, 0.15) is 8.07 Å². The largest absolute Gasteiger partial charge is 0.486 e. The molecule has 0 aromatic heterocycles. The van der Waals surface area contributed by atoms with E-state index in [1.165, 1.54) is 0 Å². The molecule has 0 saturated carbocycles. The summed E-state index contributed by atoms with van der Waals surface area (Å²) in [6, 6.07) is 0. The van der Waals surface area contributed by atoms with Crippen LogP contribution in [-0.2, 0) is 9.31 Å². The smallest absolute Gasteiger partial charge is 0.400 e. The highest BCUT2D eigenvalue weighted by atomic mass is 28.3. The van der Waals surface area contributed by atoms with Crippen LogP contribution < -0.4 is 0 Å². The van der Waals surface area contributed by atoms with E-state index in [9.17, 15) is 0 Å². The van der Waals surface area contributed by atoms with E-state index in [0.717, 1.165) is 6.42 Å². The van der Waals surface area contributed by atoms with Gasteiger partial charge in [0.2, 0.25) is 0 Å². The fraction of sp³-hybridized carbons (Fsp3) is 0.714. The van der Waals surface area contributed by atoms with Crippen molar-refractivity contribution in [1.29, 1.82) is 0 Å². The van der Waals surface area contributed by atoms with Gasteiger partial charge in [-0.2, -0.15) is 0 Å². The van der Waals surface area contributed by atoms with Crippen LogP contribution in [0.1, 0.15) is 34.1 Å². The summed E-state index contributed by atoms with van der Waals surface area (Å²) in [4.78, 5) is 0. The molecule has 0 N–H and O–H groups in total. The second-order valence-corrected chi connectivity index (χ2v) is 11.6. The van der Waals surface area contributed by atoms with Crippen LogP contribution in [0.4, 0.5) is 0 Å². The van der Waals surface area contributed by atoms with Crippen molar-refractivity contribution in [3.8, 4) is 11.5 Å². The van der Waals surface area contributed by atoms with Gasteiger partial charge in [0.15, 0.2) is 0 Å². The van der Waals surface area contributed by atoms with E-state index in [-0.39, 0.29) is 18.3 Å². The van der Waals surface area contributed by atoms with E-state index >= 15 is 0 Å². The Bertz CT molecular complexity index is 367. The monoisotopic (exact) mass is 264 g/mol. The predicted molar refractivity (Wildman–Crippen MR) is 81.0 cm³/mol. The van der Waals surface area contributed by atoms with Gasteiger partial charge in [-0.15, -0.1) is 11.5 Å². The Morgan fingerprint density at radius 1 is 1.06 bits per heavy atom. The van der Waals surface area contributed by atoms with Crippen LogP contribution in [0.25, 0.3) is 0 Å². The summed E-state index contributed by atoms with van der Waals surface area (Å²) < 4.78 is 11.7. The Morgan fingerprint density at radius 2 is 1.56 bits per heavy atom. The third-order valence-electron chi connectivity index (χ3n) is 3.25. The Balaban J connectivity index is 2.49. The van der Waals surface area contributed by atoms with E-state index in [1.54, 1.807) is 0 Å². The third-order valence-corrected chi connectivity index (χ3v) is 4.17. The molecule has 2 nitrogen and oxygen atoms in total. The maximum atomic E-state index is 5.86. The van der Waals surface area contributed by atoms with Gasteiger partial charge in [-0.05, 0) is 27.7 Å². The first kappa shape index (κ1) is 15.6. The maximum absolute atomic E-state index is 5.86. The van der Waals surface area contributed by atoms with Crippen molar-refractivity contribution in [1.82, 2.24) is 0 Å². The summed E-state index contributed by atoms with van der Waals surface area (Å²) >= 11 is 0. The molecule has 1 rings (SSSR count). The fourth-order valence-electron chi connectivity index (χ4n) is 1.52. The lowest BCUT2D eigenvalue weighted by atomic mass is 9.90. The summed E-state index contributed by atoms with van der Waals surface area (Å²) in [5, 5.41) is 0. The van der Waals surface area contributed by atoms with Crippen LogP contribution in [0.3, 0.4) is 0 Å². The summed E-state index contributed by atoms with van der Waals surface area (Å²) in [6.45, 7) is 15.0. The lowest BCUT2D eigenvalue weighted by Crippen LogP contribution is -2.41. The van der Waals surface area contributed by atoms with Crippen LogP contribution in [0.15, 0.2) is 12.1 Å². The molecule has 0 aromatic carbocycles. The van der Waals surface area contributed by atoms with Crippen LogP contribution in [0.5, 0.6) is 0 Å². The lowest BCUT2D eigenvalue weighted by Gasteiger charge is -2.32. The van der Waals surface area contributed by atoms with E-state index in [4.69, 9.17) is 9.31 Å². The van der Waals surface area contributed by atoms with Crippen molar-refractivity contribution < 1.29 is 9.31 Å². The molecule has 0 amide bonds. The highest BCUT2D eigenvalue weighted by molar-refractivity contribution is 6.83. The molecular formula is C14H25BO2Si. The number of allylic oxidation sites excluding steroid dienone is 1. The quantitative estimate of drug-likeness (QED) is 0.562. The molecule has 0 aliphatic carbocycles. The molecular weight excluding hydrogens is 239 g/mol. The molecule has 100 valence electrons. The number of hydrogen-bond donors (Lipinski definition) is 0. The van der Waals surface area contributed by atoms with Crippen LogP contribution in [0, 0.1) is 11.5 Å². The predicted octanol–water partition coefficient (Wildman–Crippen LogP) is 3.44. The van der Waals surface area contributed by atoms with Crippen molar-refractivity contribution in [3.05, 3.63) is 12.1 Å². The SMILES string of the molecule is CC1(C)OB(/C=C\CC#C[Si](C)(C)C)OC1(C)C. The average Bonchev–Trinajstić information content (AvgIpc) is 2.32. The highest BCUT2D eigenvalue weighted by Crippen LogP contribution is 2.36. The van der Waals surface area contributed by atoms with Crippen molar-refractivity contribution in [2.75, 3.05) is 0 Å². The Labute approximate surface area is 113 Å². The first-order valence-electron chi connectivity index (χ1n) is 6.56. The minimum absolute atomic E-state index is 0.247. The van der Waals surface area contributed by atoms with E-state index in [0.29, 0.717) is 0 Å². The van der Waals surface area contributed by atoms with Crippen molar-refractivity contribution in [2.24, 2.45) is 0 Å².